The van der Waals surface area contributed by atoms with Gasteiger partial charge in [0, 0.05) is 25.2 Å². The fraction of sp³-hybridized carbons (Fsp3) is 1.00. The second-order valence-corrected chi connectivity index (χ2v) is 5.29. The predicted molar refractivity (Wildman–Crippen MR) is 62.1 cm³/mol. The summed E-state index contributed by atoms with van der Waals surface area (Å²) in [6, 6.07) is 0. The summed E-state index contributed by atoms with van der Waals surface area (Å²) in [5.41, 5.74) is 0.222. The van der Waals surface area contributed by atoms with Crippen LogP contribution in [0.1, 0.15) is 32.6 Å². The van der Waals surface area contributed by atoms with Crippen LogP contribution in [-0.4, -0.2) is 38.4 Å². The molecule has 0 aromatic rings. The topological polar surface area (TPSA) is 33.3 Å². The zero-order valence-corrected chi connectivity index (χ0v) is 9.85. The largest absolute Gasteiger partial charge is 0.380 e. The zero-order valence-electron chi connectivity index (χ0n) is 9.85. The number of hydrogen-bond acceptors (Lipinski definition) is 3. The molecule has 15 heavy (non-hydrogen) atoms. The molecule has 1 aliphatic carbocycles. The second kappa shape index (κ2) is 5.28. The first-order valence-electron chi connectivity index (χ1n) is 6.32. The molecule has 2 aliphatic rings. The lowest BCUT2D eigenvalue weighted by molar-refractivity contribution is 0.0289. The zero-order chi connectivity index (χ0) is 10.6. The van der Waals surface area contributed by atoms with Crippen LogP contribution in [0.15, 0.2) is 0 Å². The van der Waals surface area contributed by atoms with E-state index in [9.17, 15) is 0 Å². The molecular formula is C12H24N2O. The Morgan fingerprint density at radius 2 is 2.20 bits per heavy atom. The Kier molecular flexibility index (Phi) is 4.00. The van der Waals surface area contributed by atoms with Gasteiger partial charge >= 0.3 is 0 Å². The van der Waals surface area contributed by atoms with E-state index in [2.05, 4.69) is 17.6 Å². The van der Waals surface area contributed by atoms with Crippen LogP contribution in [0.25, 0.3) is 0 Å². The van der Waals surface area contributed by atoms with Crippen LogP contribution < -0.4 is 10.6 Å². The van der Waals surface area contributed by atoms with E-state index in [1.807, 2.05) is 0 Å². The summed E-state index contributed by atoms with van der Waals surface area (Å²) in [6.07, 6.45) is 5.31. The van der Waals surface area contributed by atoms with Crippen LogP contribution in [0.4, 0.5) is 0 Å². The van der Waals surface area contributed by atoms with Crippen molar-refractivity contribution in [1.29, 1.82) is 0 Å². The van der Waals surface area contributed by atoms with Crippen molar-refractivity contribution in [3.05, 3.63) is 0 Å². The molecule has 0 spiro atoms. The molecular weight excluding hydrogens is 188 g/mol. The normalized spacial score (nSPS) is 31.8. The maximum Gasteiger partial charge on any atom is 0.0645 e. The van der Waals surface area contributed by atoms with Crippen molar-refractivity contribution in [2.75, 3.05) is 32.8 Å². The molecule has 88 valence electrons. The van der Waals surface area contributed by atoms with Gasteiger partial charge in [-0.25, -0.2) is 0 Å². The monoisotopic (exact) mass is 212 g/mol. The van der Waals surface area contributed by atoms with Crippen LogP contribution in [0.3, 0.4) is 0 Å². The van der Waals surface area contributed by atoms with Crippen LogP contribution >= 0.6 is 0 Å². The summed E-state index contributed by atoms with van der Waals surface area (Å²) < 4.78 is 5.51. The van der Waals surface area contributed by atoms with Gasteiger partial charge in [-0.15, -0.1) is 0 Å². The minimum absolute atomic E-state index is 0.222. The number of ether oxygens (including phenoxy) is 1. The van der Waals surface area contributed by atoms with Gasteiger partial charge in [0.25, 0.3) is 0 Å². The van der Waals surface area contributed by atoms with Crippen molar-refractivity contribution < 1.29 is 4.74 Å². The number of rotatable bonds is 6. The molecule has 0 aromatic carbocycles. The van der Waals surface area contributed by atoms with Crippen molar-refractivity contribution in [3.63, 3.8) is 0 Å². The Bertz CT molecular complexity index is 186. The summed E-state index contributed by atoms with van der Waals surface area (Å²) in [6.45, 7) is 7.45. The minimum Gasteiger partial charge on any atom is -0.380 e. The van der Waals surface area contributed by atoms with Gasteiger partial charge in [-0.1, -0.05) is 0 Å². The molecule has 3 nitrogen and oxygen atoms in total. The Morgan fingerprint density at radius 3 is 2.87 bits per heavy atom. The Morgan fingerprint density at radius 1 is 1.33 bits per heavy atom. The summed E-state index contributed by atoms with van der Waals surface area (Å²) in [5, 5.41) is 7.11. The summed E-state index contributed by atoms with van der Waals surface area (Å²) in [4.78, 5) is 0. The second-order valence-electron chi connectivity index (χ2n) is 5.29. The van der Waals surface area contributed by atoms with Crippen LogP contribution in [0.5, 0.6) is 0 Å². The fourth-order valence-corrected chi connectivity index (χ4v) is 2.15. The standard InChI is InChI=1S/C12H24N2O/c1-12(5-2-8-15-10-12)14-7-6-13-9-11-3-4-11/h11,13-14H,2-10H2,1H3. The molecule has 1 heterocycles. The lowest BCUT2D eigenvalue weighted by Gasteiger charge is -2.34. The van der Waals surface area contributed by atoms with Crippen LogP contribution in [-0.2, 0) is 4.74 Å². The third-order valence-electron chi connectivity index (χ3n) is 3.42. The lowest BCUT2D eigenvalue weighted by Crippen LogP contribution is -2.50. The quantitative estimate of drug-likeness (QED) is 0.648. The number of nitrogens with one attached hydrogen (secondary N) is 2. The smallest absolute Gasteiger partial charge is 0.0645 e. The Balaban J connectivity index is 1.51. The molecule has 2 rings (SSSR count). The molecule has 1 saturated carbocycles. The molecule has 1 saturated heterocycles. The van der Waals surface area contributed by atoms with Gasteiger partial charge in [-0.05, 0) is 45.1 Å². The molecule has 1 unspecified atom stereocenters. The summed E-state index contributed by atoms with van der Waals surface area (Å²) in [7, 11) is 0. The average molecular weight is 212 g/mol. The van der Waals surface area contributed by atoms with E-state index >= 15 is 0 Å². The van der Waals surface area contributed by atoms with Crippen molar-refractivity contribution >= 4 is 0 Å². The van der Waals surface area contributed by atoms with Gasteiger partial charge < -0.3 is 15.4 Å². The van der Waals surface area contributed by atoms with E-state index in [1.54, 1.807) is 0 Å². The highest BCUT2D eigenvalue weighted by molar-refractivity contribution is 4.85. The third-order valence-corrected chi connectivity index (χ3v) is 3.42. The van der Waals surface area contributed by atoms with Gasteiger partial charge in [-0.3, -0.25) is 0 Å². The van der Waals surface area contributed by atoms with Gasteiger partial charge in [0.15, 0.2) is 0 Å². The van der Waals surface area contributed by atoms with Crippen LogP contribution in [0.2, 0.25) is 0 Å². The summed E-state index contributed by atoms with van der Waals surface area (Å²) >= 11 is 0. The third kappa shape index (κ3) is 4.09. The van der Waals surface area contributed by atoms with E-state index in [0.717, 1.165) is 32.2 Å². The highest BCUT2D eigenvalue weighted by Crippen LogP contribution is 2.27. The van der Waals surface area contributed by atoms with Crippen LogP contribution in [0, 0.1) is 5.92 Å². The molecule has 1 atom stereocenters. The molecule has 3 heteroatoms. The molecule has 0 aromatic heterocycles. The van der Waals surface area contributed by atoms with E-state index in [0.29, 0.717) is 0 Å². The maximum absolute atomic E-state index is 5.51. The van der Waals surface area contributed by atoms with Crippen molar-refractivity contribution in [2.24, 2.45) is 5.92 Å². The highest BCUT2D eigenvalue weighted by Gasteiger charge is 2.26. The molecule has 1 aliphatic heterocycles. The van der Waals surface area contributed by atoms with Gasteiger partial charge in [0.2, 0.25) is 0 Å². The molecule has 0 radical (unpaired) electrons. The molecule has 0 bridgehead atoms. The molecule has 2 N–H and O–H groups in total. The molecule has 0 amide bonds. The van der Waals surface area contributed by atoms with Crippen molar-refractivity contribution in [1.82, 2.24) is 10.6 Å². The predicted octanol–water partition coefficient (Wildman–Crippen LogP) is 1.14. The van der Waals surface area contributed by atoms with Crippen molar-refractivity contribution in [3.8, 4) is 0 Å². The lowest BCUT2D eigenvalue weighted by atomic mass is 9.95. The van der Waals surface area contributed by atoms with Gasteiger partial charge in [0.1, 0.15) is 0 Å². The van der Waals surface area contributed by atoms with Crippen molar-refractivity contribution in [2.45, 2.75) is 38.1 Å². The number of hydrogen-bond donors (Lipinski definition) is 2. The van der Waals surface area contributed by atoms with E-state index in [1.165, 1.54) is 32.2 Å². The fourth-order valence-electron chi connectivity index (χ4n) is 2.15. The Hall–Kier alpha value is -0.120. The van der Waals surface area contributed by atoms with E-state index < -0.39 is 0 Å². The first-order chi connectivity index (χ1) is 7.29. The van der Waals surface area contributed by atoms with Gasteiger partial charge in [-0.2, -0.15) is 0 Å². The Labute approximate surface area is 93.0 Å². The first-order valence-corrected chi connectivity index (χ1v) is 6.32. The minimum atomic E-state index is 0.222. The molecule has 2 fully saturated rings. The van der Waals surface area contributed by atoms with Gasteiger partial charge in [0.05, 0.1) is 6.61 Å². The summed E-state index contributed by atoms with van der Waals surface area (Å²) in [5.74, 6) is 0.985. The highest BCUT2D eigenvalue weighted by atomic mass is 16.5. The maximum atomic E-state index is 5.51. The van der Waals surface area contributed by atoms with E-state index in [4.69, 9.17) is 4.74 Å². The first kappa shape index (κ1) is 11.4. The average Bonchev–Trinajstić information content (AvgIpc) is 3.02. The SMILES string of the molecule is CC1(NCCNCC2CC2)CCCOC1. The van der Waals surface area contributed by atoms with E-state index in [-0.39, 0.29) is 5.54 Å².